The van der Waals surface area contributed by atoms with Crippen molar-refractivity contribution in [3.8, 4) is 0 Å². The highest BCUT2D eigenvalue weighted by Gasteiger charge is 2.42. The number of fused-ring (bicyclic) bond motifs is 2. The molecule has 19 heavy (non-hydrogen) atoms. The molecule has 0 aliphatic carbocycles. The predicted octanol–water partition coefficient (Wildman–Crippen LogP) is 1.65. The minimum Gasteiger partial charge on any atom is -0.481 e. The fourth-order valence-electron chi connectivity index (χ4n) is 4.56. The summed E-state index contributed by atoms with van der Waals surface area (Å²) in [7, 11) is 2.28. The van der Waals surface area contributed by atoms with Crippen molar-refractivity contribution in [3.05, 3.63) is 0 Å². The van der Waals surface area contributed by atoms with E-state index in [0.29, 0.717) is 12.0 Å². The van der Waals surface area contributed by atoms with Gasteiger partial charge < -0.3 is 10.0 Å². The molecule has 108 valence electrons. The smallest absolute Gasteiger partial charge is 0.306 e. The number of piperidine rings is 2. The number of hydrogen-bond acceptors (Lipinski definition) is 3. The first-order chi connectivity index (χ1) is 9.06. The quantitative estimate of drug-likeness (QED) is 0.825. The van der Waals surface area contributed by atoms with Gasteiger partial charge in [0.05, 0.1) is 5.92 Å². The first kappa shape index (κ1) is 13.4. The molecule has 3 aliphatic heterocycles. The molecular formula is C15H26N2O2. The van der Waals surface area contributed by atoms with Gasteiger partial charge in [0.2, 0.25) is 0 Å². The number of likely N-dealkylation sites (tertiary alicyclic amines) is 1. The van der Waals surface area contributed by atoms with Gasteiger partial charge >= 0.3 is 5.97 Å². The Morgan fingerprint density at radius 3 is 2.26 bits per heavy atom. The average Bonchev–Trinajstić information content (AvgIpc) is 2.61. The van der Waals surface area contributed by atoms with E-state index in [1.807, 2.05) is 0 Å². The summed E-state index contributed by atoms with van der Waals surface area (Å²) in [5.74, 6) is -0.432. The third-order valence-corrected chi connectivity index (χ3v) is 5.84. The molecule has 3 rings (SSSR count). The highest BCUT2D eigenvalue weighted by Crippen LogP contribution is 2.38. The number of rotatable bonds is 2. The maximum absolute atomic E-state index is 11.2. The zero-order chi connectivity index (χ0) is 13.6. The van der Waals surface area contributed by atoms with Gasteiger partial charge in [0.25, 0.3) is 0 Å². The lowest BCUT2D eigenvalue weighted by Crippen LogP contribution is -2.53. The van der Waals surface area contributed by atoms with Crippen molar-refractivity contribution in [1.29, 1.82) is 0 Å². The summed E-state index contributed by atoms with van der Waals surface area (Å²) in [4.78, 5) is 16.3. The molecule has 0 radical (unpaired) electrons. The molecule has 0 amide bonds. The van der Waals surface area contributed by atoms with E-state index in [-0.39, 0.29) is 5.92 Å². The summed E-state index contributed by atoms with van der Waals surface area (Å²) in [6, 6.07) is 2.25. The van der Waals surface area contributed by atoms with Crippen LogP contribution in [0.25, 0.3) is 0 Å². The third kappa shape index (κ3) is 2.40. The molecule has 4 unspecified atom stereocenters. The van der Waals surface area contributed by atoms with Gasteiger partial charge in [0.1, 0.15) is 0 Å². The van der Waals surface area contributed by atoms with E-state index >= 15 is 0 Å². The van der Waals surface area contributed by atoms with Crippen molar-refractivity contribution in [3.63, 3.8) is 0 Å². The Balaban J connectivity index is 1.61. The molecule has 3 heterocycles. The predicted molar refractivity (Wildman–Crippen MR) is 74.1 cm³/mol. The molecule has 0 aromatic carbocycles. The van der Waals surface area contributed by atoms with Crippen molar-refractivity contribution in [1.82, 2.24) is 9.80 Å². The van der Waals surface area contributed by atoms with Gasteiger partial charge in [0.15, 0.2) is 0 Å². The monoisotopic (exact) mass is 266 g/mol. The van der Waals surface area contributed by atoms with Crippen molar-refractivity contribution in [2.24, 2.45) is 11.8 Å². The Bertz CT molecular complexity index is 346. The molecule has 0 spiro atoms. The second kappa shape index (κ2) is 5.06. The van der Waals surface area contributed by atoms with Gasteiger partial charge in [-0.05, 0) is 51.6 Å². The lowest BCUT2D eigenvalue weighted by atomic mass is 9.85. The zero-order valence-electron chi connectivity index (χ0n) is 12.1. The van der Waals surface area contributed by atoms with Gasteiger partial charge in [-0.3, -0.25) is 9.69 Å². The van der Waals surface area contributed by atoms with Crippen LogP contribution in [0.3, 0.4) is 0 Å². The van der Waals surface area contributed by atoms with E-state index in [0.717, 1.165) is 31.6 Å². The number of aliphatic carboxylic acids is 1. The van der Waals surface area contributed by atoms with Gasteiger partial charge in [-0.1, -0.05) is 6.92 Å². The summed E-state index contributed by atoms with van der Waals surface area (Å²) in [5.41, 5.74) is 0. The van der Waals surface area contributed by atoms with Crippen LogP contribution in [0.5, 0.6) is 0 Å². The van der Waals surface area contributed by atoms with E-state index in [2.05, 4.69) is 23.8 Å². The second-order valence-corrected chi connectivity index (χ2v) is 6.88. The molecular weight excluding hydrogens is 240 g/mol. The van der Waals surface area contributed by atoms with Gasteiger partial charge in [-0.2, -0.15) is 0 Å². The van der Waals surface area contributed by atoms with Crippen molar-refractivity contribution in [2.45, 2.75) is 57.2 Å². The summed E-state index contributed by atoms with van der Waals surface area (Å²) in [6.07, 6.45) is 6.13. The molecule has 0 aromatic heterocycles. The van der Waals surface area contributed by atoms with Crippen molar-refractivity contribution in [2.75, 3.05) is 20.1 Å². The van der Waals surface area contributed by atoms with Gasteiger partial charge in [-0.15, -0.1) is 0 Å². The van der Waals surface area contributed by atoms with E-state index < -0.39 is 5.97 Å². The Labute approximate surface area is 115 Å². The molecule has 0 aromatic rings. The zero-order valence-corrected chi connectivity index (χ0v) is 12.1. The van der Waals surface area contributed by atoms with E-state index in [9.17, 15) is 9.90 Å². The Morgan fingerprint density at radius 1 is 1.11 bits per heavy atom. The largest absolute Gasteiger partial charge is 0.481 e. The molecule has 4 nitrogen and oxygen atoms in total. The summed E-state index contributed by atoms with van der Waals surface area (Å²) < 4.78 is 0. The highest BCUT2D eigenvalue weighted by molar-refractivity contribution is 5.70. The standard InChI is InChI=1S/C15H26N2O2/c1-10-9-17(6-5-14(10)15(18)19)13-7-11-3-4-12(8-13)16(11)2/h10-14H,3-9H2,1-2H3,(H,18,19). The fourth-order valence-corrected chi connectivity index (χ4v) is 4.56. The highest BCUT2D eigenvalue weighted by atomic mass is 16.4. The Morgan fingerprint density at radius 2 is 1.74 bits per heavy atom. The van der Waals surface area contributed by atoms with Crippen LogP contribution in [-0.2, 0) is 4.79 Å². The van der Waals surface area contributed by atoms with Crippen LogP contribution in [0.1, 0.15) is 39.0 Å². The summed E-state index contributed by atoms with van der Waals surface area (Å²) in [5, 5.41) is 9.21. The van der Waals surface area contributed by atoms with Crippen molar-refractivity contribution >= 4 is 5.97 Å². The molecule has 3 fully saturated rings. The lowest BCUT2D eigenvalue weighted by Gasteiger charge is -2.45. The molecule has 0 saturated carbocycles. The average molecular weight is 266 g/mol. The first-order valence-corrected chi connectivity index (χ1v) is 7.75. The molecule has 1 N–H and O–H groups in total. The molecule has 3 saturated heterocycles. The number of carboxylic acid groups (broad SMARTS) is 1. The maximum atomic E-state index is 11.2. The van der Waals surface area contributed by atoms with Crippen LogP contribution in [0.2, 0.25) is 0 Å². The van der Waals surface area contributed by atoms with Crippen molar-refractivity contribution < 1.29 is 9.90 Å². The third-order valence-electron chi connectivity index (χ3n) is 5.84. The van der Waals surface area contributed by atoms with Gasteiger partial charge in [-0.25, -0.2) is 0 Å². The van der Waals surface area contributed by atoms with Gasteiger partial charge in [0, 0.05) is 24.7 Å². The molecule has 3 aliphatic rings. The summed E-state index contributed by atoms with van der Waals surface area (Å²) in [6.45, 7) is 4.06. The Hall–Kier alpha value is -0.610. The maximum Gasteiger partial charge on any atom is 0.306 e. The van der Waals surface area contributed by atoms with E-state index in [4.69, 9.17) is 0 Å². The normalized spacial score (nSPS) is 44.4. The second-order valence-electron chi connectivity index (χ2n) is 6.88. The summed E-state index contributed by atoms with van der Waals surface area (Å²) >= 11 is 0. The lowest BCUT2D eigenvalue weighted by molar-refractivity contribution is -0.146. The minimum atomic E-state index is -0.601. The van der Waals surface area contributed by atoms with Crippen LogP contribution >= 0.6 is 0 Å². The van der Waals surface area contributed by atoms with Crippen LogP contribution in [0.15, 0.2) is 0 Å². The fraction of sp³-hybridized carbons (Fsp3) is 0.933. The number of hydrogen-bond donors (Lipinski definition) is 1. The molecule has 4 atom stereocenters. The minimum absolute atomic E-state index is 0.126. The van der Waals surface area contributed by atoms with Crippen LogP contribution < -0.4 is 0 Å². The molecule has 2 bridgehead atoms. The Kier molecular flexibility index (Phi) is 3.56. The number of carbonyl (C=O) groups is 1. The van der Waals surface area contributed by atoms with E-state index in [1.165, 1.54) is 25.7 Å². The SMILES string of the molecule is CC1CN(C2CC3CCC(C2)N3C)CCC1C(=O)O. The first-order valence-electron chi connectivity index (χ1n) is 7.75. The van der Waals surface area contributed by atoms with Crippen LogP contribution in [-0.4, -0.2) is 59.1 Å². The van der Waals surface area contributed by atoms with Crippen LogP contribution in [0, 0.1) is 11.8 Å². The van der Waals surface area contributed by atoms with Crippen LogP contribution in [0.4, 0.5) is 0 Å². The van der Waals surface area contributed by atoms with E-state index in [1.54, 1.807) is 0 Å². The number of nitrogens with zero attached hydrogens (tertiary/aromatic N) is 2. The molecule has 4 heteroatoms. The number of carboxylic acids is 1. The topological polar surface area (TPSA) is 43.8 Å².